The zero-order valence-electron chi connectivity index (χ0n) is 10.8. The molecule has 0 atom stereocenters. The van der Waals surface area contributed by atoms with Gasteiger partial charge in [0, 0.05) is 31.9 Å². The third-order valence-electron chi connectivity index (χ3n) is 3.47. The molecule has 1 aromatic carbocycles. The minimum Gasteiger partial charge on any atom is -0.369 e. The Hall–Kier alpha value is -0.440. The number of piperazine rings is 1. The minimum atomic E-state index is 0.627. The van der Waals surface area contributed by atoms with Crippen LogP contribution in [0.1, 0.15) is 19.8 Å². The van der Waals surface area contributed by atoms with E-state index in [1.807, 2.05) is 12.1 Å². The Morgan fingerprint density at radius 3 is 2.39 bits per heavy atom. The summed E-state index contributed by atoms with van der Waals surface area (Å²) in [6, 6.07) is 5.89. The molecule has 0 N–H and O–H groups in total. The van der Waals surface area contributed by atoms with Crippen molar-refractivity contribution in [2.45, 2.75) is 19.8 Å². The monoisotopic (exact) mass is 286 g/mol. The lowest BCUT2D eigenvalue weighted by Gasteiger charge is -2.36. The van der Waals surface area contributed by atoms with Gasteiger partial charge in [-0.1, -0.05) is 36.5 Å². The largest absolute Gasteiger partial charge is 0.369 e. The van der Waals surface area contributed by atoms with Gasteiger partial charge in [0.25, 0.3) is 0 Å². The van der Waals surface area contributed by atoms with Gasteiger partial charge in [0.1, 0.15) is 0 Å². The van der Waals surface area contributed by atoms with Crippen LogP contribution in [-0.4, -0.2) is 37.6 Å². The molecule has 2 nitrogen and oxygen atoms in total. The molecule has 1 saturated heterocycles. The number of halogens is 2. The molecular weight excluding hydrogens is 267 g/mol. The van der Waals surface area contributed by atoms with Crippen molar-refractivity contribution in [3.05, 3.63) is 28.2 Å². The van der Waals surface area contributed by atoms with Gasteiger partial charge in [-0.15, -0.1) is 0 Å². The summed E-state index contributed by atoms with van der Waals surface area (Å²) in [4.78, 5) is 4.92. The fourth-order valence-electron chi connectivity index (χ4n) is 2.29. The van der Waals surface area contributed by atoms with E-state index in [4.69, 9.17) is 23.2 Å². The number of nitrogens with zero attached hydrogens (tertiary/aromatic N) is 2. The van der Waals surface area contributed by atoms with Gasteiger partial charge < -0.3 is 4.90 Å². The van der Waals surface area contributed by atoms with Gasteiger partial charge in [0.05, 0.1) is 10.0 Å². The lowest BCUT2D eigenvalue weighted by molar-refractivity contribution is 0.254. The fraction of sp³-hybridized carbons (Fsp3) is 0.571. The molecule has 18 heavy (non-hydrogen) atoms. The highest BCUT2D eigenvalue weighted by Gasteiger charge is 2.17. The first-order chi connectivity index (χ1) is 8.70. The second kappa shape index (κ2) is 6.65. The molecule has 0 aromatic heterocycles. The maximum atomic E-state index is 6.06. The van der Waals surface area contributed by atoms with Crippen LogP contribution in [0.5, 0.6) is 0 Å². The number of rotatable bonds is 4. The van der Waals surface area contributed by atoms with Crippen molar-refractivity contribution in [3.8, 4) is 0 Å². The normalized spacial score (nSPS) is 17.2. The third-order valence-corrected chi connectivity index (χ3v) is 4.21. The van der Waals surface area contributed by atoms with Crippen molar-refractivity contribution in [1.29, 1.82) is 0 Å². The second-order valence-electron chi connectivity index (χ2n) is 4.78. The summed E-state index contributed by atoms with van der Waals surface area (Å²) in [5.41, 5.74) is 1.18. The molecule has 1 aliphatic heterocycles. The van der Waals surface area contributed by atoms with Gasteiger partial charge in [0.2, 0.25) is 0 Å². The first-order valence-corrected chi connectivity index (χ1v) is 7.38. The maximum absolute atomic E-state index is 6.06. The molecule has 1 fully saturated rings. The van der Waals surface area contributed by atoms with Crippen LogP contribution in [0.2, 0.25) is 10.0 Å². The number of unbranched alkanes of at least 4 members (excludes halogenated alkanes) is 1. The van der Waals surface area contributed by atoms with Gasteiger partial charge in [-0.2, -0.15) is 0 Å². The minimum absolute atomic E-state index is 0.627. The molecule has 100 valence electrons. The topological polar surface area (TPSA) is 6.48 Å². The molecule has 0 bridgehead atoms. The highest BCUT2D eigenvalue weighted by atomic mass is 35.5. The van der Waals surface area contributed by atoms with E-state index in [9.17, 15) is 0 Å². The van der Waals surface area contributed by atoms with Crippen molar-refractivity contribution >= 4 is 28.9 Å². The first-order valence-electron chi connectivity index (χ1n) is 6.63. The van der Waals surface area contributed by atoms with E-state index >= 15 is 0 Å². The van der Waals surface area contributed by atoms with Gasteiger partial charge in [-0.3, -0.25) is 4.90 Å². The third kappa shape index (κ3) is 3.53. The first kappa shape index (κ1) is 14.0. The zero-order valence-corrected chi connectivity index (χ0v) is 12.3. The molecule has 0 unspecified atom stereocenters. The predicted octanol–water partition coefficient (Wildman–Crippen LogP) is 3.92. The fourth-order valence-corrected chi connectivity index (χ4v) is 2.59. The number of hydrogen-bond acceptors (Lipinski definition) is 2. The summed E-state index contributed by atoms with van der Waals surface area (Å²) in [5.74, 6) is 0. The van der Waals surface area contributed by atoms with Crippen molar-refractivity contribution in [3.63, 3.8) is 0 Å². The van der Waals surface area contributed by atoms with Gasteiger partial charge in [0.15, 0.2) is 0 Å². The Labute approximate surface area is 119 Å². The molecule has 1 aliphatic rings. The van der Waals surface area contributed by atoms with E-state index in [-0.39, 0.29) is 0 Å². The summed E-state index contributed by atoms with van der Waals surface area (Å²) in [5, 5.41) is 1.27. The number of hydrogen-bond donors (Lipinski definition) is 0. The van der Waals surface area contributed by atoms with Crippen LogP contribution in [0.4, 0.5) is 5.69 Å². The van der Waals surface area contributed by atoms with Crippen molar-refractivity contribution < 1.29 is 0 Å². The highest BCUT2D eigenvalue weighted by Crippen LogP contribution is 2.27. The Kier molecular flexibility index (Phi) is 5.16. The van der Waals surface area contributed by atoms with Gasteiger partial charge >= 0.3 is 0 Å². The van der Waals surface area contributed by atoms with Gasteiger partial charge in [-0.25, -0.2) is 0 Å². The van der Waals surface area contributed by atoms with Crippen LogP contribution in [0.3, 0.4) is 0 Å². The van der Waals surface area contributed by atoms with Gasteiger partial charge in [-0.05, 0) is 31.2 Å². The maximum Gasteiger partial charge on any atom is 0.0612 e. The van der Waals surface area contributed by atoms with E-state index in [0.717, 1.165) is 26.2 Å². The molecule has 2 rings (SSSR count). The molecular formula is C14H20Cl2N2. The zero-order chi connectivity index (χ0) is 13.0. The Morgan fingerprint density at radius 2 is 1.78 bits per heavy atom. The molecule has 4 heteroatoms. The van der Waals surface area contributed by atoms with E-state index in [2.05, 4.69) is 22.8 Å². The van der Waals surface area contributed by atoms with Crippen LogP contribution in [0.25, 0.3) is 0 Å². The van der Waals surface area contributed by atoms with Crippen molar-refractivity contribution in [2.24, 2.45) is 0 Å². The molecule has 0 saturated carbocycles. The molecule has 1 aromatic rings. The Bertz CT molecular complexity index is 387. The molecule has 0 amide bonds. The summed E-state index contributed by atoms with van der Waals surface area (Å²) in [6.45, 7) is 7.89. The SMILES string of the molecule is CCCCN1CCN(c2ccc(Cl)c(Cl)c2)CC1. The summed E-state index contributed by atoms with van der Waals surface area (Å²) in [7, 11) is 0. The highest BCUT2D eigenvalue weighted by molar-refractivity contribution is 6.42. The summed E-state index contributed by atoms with van der Waals surface area (Å²) in [6.07, 6.45) is 2.57. The van der Waals surface area contributed by atoms with E-state index < -0.39 is 0 Å². The standard InChI is InChI=1S/C14H20Cl2N2/c1-2-3-6-17-7-9-18(10-8-17)12-4-5-13(15)14(16)11-12/h4-5,11H,2-3,6-10H2,1H3. The Morgan fingerprint density at radius 1 is 1.06 bits per heavy atom. The average molecular weight is 287 g/mol. The lowest BCUT2D eigenvalue weighted by Crippen LogP contribution is -2.46. The van der Waals surface area contributed by atoms with Crippen LogP contribution < -0.4 is 4.90 Å². The number of benzene rings is 1. The molecule has 1 heterocycles. The van der Waals surface area contributed by atoms with Crippen LogP contribution in [0, 0.1) is 0 Å². The molecule has 0 aliphatic carbocycles. The quantitative estimate of drug-likeness (QED) is 0.828. The number of anilines is 1. The Balaban J connectivity index is 1.90. The molecule has 0 spiro atoms. The van der Waals surface area contributed by atoms with E-state index in [1.165, 1.54) is 25.1 Å². The van der Waals surface area contributed by atoms with Crippen LogP contribution in [-0.2, 0) is 0 Å². The van der Waals surface area contributed by atoms with E-state index in [1.54, 1.807) is 0 Å². The van der Waals surface area contributed by atoms with Crippen LogP contribution in [0.15, 0.2) is 18.2 Å². The second-order valence-corrected chi connectivity index (χ2v) is 5.60. The predicted molar refractivity (Wildman–Crippen MR) is 80.0 cm³/mol. The summed E-state index contributed by atoms with van der Waals surface area (Å²) >= 11 is 12.0. The van der Waals surface area contributed by atoms with Crippen molar-refractivity contribution in [1.82, 2.24) is 4.90 Å². The summed E-state index contributed by atoms with van der Waals surface area (Å²) < 4.78 is 0. The van der Waals surface area contributed by atoms with Crippen molar-refractivity contribution in [2.75, 3.05) is 37.6 Å². The van der Waals surface area contributed by atoms with Crippen LogP contribution >= 0.6 is 23.2 Å². The molecule has 0 radical (unpaired) electrons. The lowest BCUT2D eigenvalue weighted by atomic mass is 10.2. The smallest absolute Gasteiger partial charge is 0.0612 e. The average Bonchev–Trinajstić information content (AvgIpc) is 2.40. The van der Waals surface area contributed by atoms with E-state index in [0.29, 0.717) is 10.0 Å².